The highest BCUT2D eigenvalue weighted by Gasteiger charge is 2.75. The van der Waals surface area contributed by atoms with E-state index in [0.29, 0.717) is 22.3 Å². The molecule has 1 aliphatic carbocycles. The van der Waals surface area contributed by atoms with E-state index in [1.807, 2.05) is 32.0 Å². The predicted octanol–water partition coefficient (Wildman–Crippen LogP) is 6.87. The Morgan fingerprint density at radius 2 is 1.26 bits per heavy atom. The highest BCUT2D eigenvalue weighted by atomic mass is 16.5. The van der Waals surface area contributed by atoms with E-state index in [2.05, 4.69) is 0 Å². The van der Waals surface area contributed by atoms with Gasteiger partial charge >= 0.3 is 11.9 Å². The SMILES string of the molecule is CC(C)c1ccc2c(c1)OC1(/C(=C\c3ccccc3)C(=O)O)c3ccccc3C(=O)C21/C(=C\c1ccccc1)C(=O)O. The first-order valence-electron chi connectivity index (χ1n) is 13.7. The molecule has 6 rings (SSSR count). The van der Waals surface area contributed by atoms with Crippen molar-refractivity contribution in [1.82, 2.24) is 0 Å². The maximum absolute atomic E-state index is 14.9. The topological polar surface area (TPSA) is 101 Å². The quantitative estimate of drug-likeness (QED) is 0.241. The summed E-state index contributed by atoms with van der Waals surface area (Å²) < 4.78 is 6.80. The number of carbonyl (C=O) groups is 3. The second kappa shape index (κ2) is 10.00. The minimum Gasteiger partial charge on any atom is -0.478 e. The number of ether oxygens (including phenoxy) is 1. The van der Waals surface area contributed by atoms with Crippen molar-refractivity contribution in [2.45, 2.75) is 30.8 Å². The van der Waals surface area contributed by atoms with Crippen LogP contribution < -0.4 is 4.74 Å². The zero-order valence-electron chi connectivity index (χ0n) is 23.1. The number of hydrogen-bond donors (Lipinski definition) is 2. The maximum Gasteiger partial charge on any atom is 0.336 e. The van der Waals surface area contributed by atoms with Gasteiger partial charge in [-0.2, -0.15) is 0 Å². The lowest BCUT2D eigenvalue weighted by atomic mass is 9.60. The monoisotopic (exact) mass is 556 g/mol. The van der Waals surface area contributed by atoms with Crippen LogP contribution in [0.15, 0.2) is 114 Å². The van der Waals surface area contributed by atoms with Gasteiger partial charge in [0.2, 0.25) is 0 Å². The van der Waals surface area contributed by atoms with Crippen LogP contribution in [0.4, 0.5) is 0 Å². The molecule has 0 bridgehead atoms. The lowest BCUT2D eigenvalue weighted by Crippen LogP contribution is -2.54. The van der Waals surface area contributed by atoms with Gasteiger partial charge < -0.3 is 14.9 Å². The summed E-state index contributed by atoms with van der Waals surface area (Å²) in [4.78, 5) is 41.6. The first kappa shape index (κ1) is 27.0. The minimum absolute atomic E-state index is 0.104. The molecule has 1 heterocycles. The summed E-state index contributed by atoms with van der Waals surface area (Å²) >= 11 is 0. The largest absolute Gasteiger partial charge is 0.478 e. The number of Topliss-reactive ketones (excluding diaryl/α,β-unsaturated/α-hetero) is 1. The Kier molecular flexibility index (Phi) is 6.42. The number of aliphatic carboxylic acids is 2. The summed E-state index contributed by atoms with van der Waals surface area (Å²) in [6.07, 6.45) is 2.93. The van der Waals surface area contributed by atoms with Gasteiger partial charge in [0.1, 0.15) is 11.2 Å². The van der Waals surface area contributed by atoms with E-state index in [-0.39, 0.29) is 28.4 Å². The van der Waals surface area contributed by atoms with Gasteiger partial charge in [-0.05, 0) is 40.8 Å². The van der Waals surface area contributed by atoms with Gasteiger partial charge in [-0.15, -0.1) is 0 Å². The zero-order chi connectivity index (χ0) is 29.6. The van der Waals surface area contributed by atoms with Crippen LogP contribution >= 0.6 is 0 Å². The van der Waals surface area contributed by atoms with Gasteiger partial charge in [0.25, 0.3) is 0 Å². The van der Waals surface area contributed by atoms with Gasteiger partial charge in [0.05, 0.1) is 11.1 Å². The molecule has 0 radical (unpaired) electrons. The second-order valence-corrected chi connectivity index (χ2v) is 10.9. The fraction of sp³-hybridized carbons (Fsp3) is 0.139. The van der Waals surface area contributed by atoms with E-state index in [0.717, 1.165) is 5.56 Å². The average Bonchev–Trinajstić information content (AvgIpc) is 3.40. The Balaban J connectivity index is 1.81. The number of hydrogen-bond acceptors (Lipinski definition) is 4. The normalized spacial score (nSPS) is 21.0. The molecule has 6 nitrogen and oxygen atoms in total. The summed E-state index contributed by atoms with van der Waals surface area (Å²) in [6.45, 7) is 4.03. The first-order valence-corrected chi connectivity index (χ1v) is 13.7. The lowest BCUT2D eigenvalue weighted by Gasteiger charge is -2.39. The highest BCUT2D eigenvalue weighted by Crippen LogP contribution is 2.67. The molecule has 0 saturated heterocycles. The van der Waals surface area contributed by atoms with Gasteiger partial charge in [-0.1, -0.05) is 111 Å². The molecule has 2 unspecified atom stereocenters. The molecule has 208 valence electrons. The Morgan fingerprint density at radius 1 is 0.714 bits per heavy atom. The summed E-state index contributed by atoms with van der Waals surface area (Å²) in [5.74, 6) is -2.82. The van der Waals surface area contributed by atoms with Gasteiger partial charge in [0.15, 0.2) is 11.4 Å². The number of carbonyl (C=O) groups excluding carboxylic acids is 1. The molecule has 4 aromatic rings. The molecule has 0 saturated carbocycles. The summed E-state index contributed by atoms with van der Waals surface area (Å²) in [6, 6.07) is 29.7. The van der Waals surface area contributed by atoms with E-state index >= 15 is 0 Å². The highest BCUT2D eigenvalue weighted by molar-refractivity contribution is 6.21. The van der Waals surface area contributed by atoms with Crippen LogP contribution in [0.5, 0.6) is 5.75 Å². The van der Waals surface area contributed by atoms with Crippen molar-refractivity contribution in [2.24, 2.45) is 0 Å². The molecule has 0 amide bonds. The standard InChI is InChI=1S/C36H28O6/c1-22(2)25-17-18-28-31(21-25)42-36(30(34(40)41)20-24-13-7-4-8-14-24)27-16-10-9-15-26(27)32(37)35(28,36)29(33(38)39)19-23-11-5-3-6-12-23/h3-22H,1-2H3,(H,38,39)(H,40,41)/b29-19-,30-20-. The van der Waals surface area contributed by atoms with Crippen molar-refractivity contribution in [3.63, 3.8) is 0 Å². The fourth-order valence-corrected chi connectivity index (χ4v) is 6.39. The Bertz CT molecular complexity index is 1800. The molecular weight excluding hydrogens is 528 g/mol. The van der Waals surface area contributed by atoms with E-state index in [4.69, 9.17) is 4.74 Å². The fourth-order valence-electron chi connectivity index (χ4n) is 6.39. The van der Waals surface area contributed by atoms with Crippen LogP contribution in [0.25, 0.3) is 12.2 Å². The molecule has 0 fully saturated rings. The van der Waals surface area contributed by atoms with E-state index in [1.54, 1.807) is 84.9 Å². The molecule has 1 aliphatic heterocycles. The van der Waals surface area contributed by atoms with Crippen molar-refractivity contribution < 1.29 is 29.3 Å². The number of ketones is 1. The molecule has 2 aliphatic rings. The van der Waals surface area contributed by atoms with Crippen molar-refractivity contribution in [3.8, 4) is 5.75 Å². The molecule has 0 aromatic heterocycles. The number of carboxylic acid groups (broad SMARTS) is 2. The van der Waals surface area contributed by atoms with Gasteiger partial charge in [-0.25, -0.2) is 9.59 Å². The Hall–Kier alpha value is -5.23. The molecule has 0 spiro atoms. The average molecular weight is 557 g/mol. The molecule has 4 aromatic carbocycles. The third-order valence-electron chi connectivity index (χ3n) is 8.22. The number of rotatable bonds is 7. The van der Waals surface area contributed by atoms with E-state index in [9.17, 15) is 24.6 Å². The van der Waals surface area contributed by atoms with Crippen LogP contribution in [0.2, 0.25) is 0 Å². The van der Waals surface area contributed by atoms with Gasteiger partial charge in [-0.3, -0.25) is 4.79 Å². The number of benzene rings is 4. The zero-order valence-corrected chi connectivity index (χ0v) is 23.1. The molecule has 42 heavy (non-hydrogen) atoms. The number of fused-ring (bicyclic) bond motifs is 5. The molecular formula is C36H28O6. The maximum atomic E-state index is 14.9. The van der Waals surface area contributed by atoms with Crippen LogP contribution in [0.3, 0.4) is 0 Å². The van der Waals surface area contributed by atoms with Crippen LogP contribution in [0, 0.1) is 0 Å². The van der Waals surface area contributed by atoms with Crippen LogP contribution in [-0.4, -0.2) is 27.9 Å². The van der Waals surface area contributed by atoms with Crippen molar-refractivity contribution in [1.29, 1.82) is 0 Å². The molecule has 2 N–H and O–H groups in total. The molecule has 2 atom stereocenters. The van der Waals surface area contributed by atoms with Crippen LogP contribution in [0.1, 0.15) is 57.9 Å². The van der Waals surface area contributed by atoms with Crippen molar-refractivity contribution in [2.75, 3.05) is 0 Å². The van der Waals surface area contributed by atoms with Gasteiger partial charge in [0, 0.05) is 16.7 Å². The summed E-state index contributed by atoms with van der Waals surface area (Å²) in [7, 11) is 0. The Morgan fingerprint density at radius 3 is 1.83 bits per heavy atom. The Labute approximate surface area is 243 Å². The third-order valence-corrected chi connectivity index (χ3v) is 8.22. The summed E-state index contributed by atoms with van der Waals surface area (Å²) in [5.41, 5.74) is -1.69. The smallest absolute Gasteiger partial charge is 0.336 e. The molecule has 6 heteroatoms. The van der Waals surface area contributed by atoms with Crippen molar-refractivity contribution in [3.05, 3.63) is 148 Å². The van der Waals surface area contributed by atoms with E-state index < -0.39 is 28.7 Å². The minimum atomic E-state index is -2.04. The first-order chi connectivity index (χ1) is 20.2. The predicted molar refractivity (Wildman–Crippen MR) is 159 cm³/mol. The van der Waals surface area contributed by atoms with E-state index in [1.165, 1.54) is 12.2 Å². The third kappa shape index (κ3) is 3.75. The summed E-state index contributed by atoms with van der Waals surface area (Å²) in [5, 5.41) is 21.8. The lowest BCUT2D eigenvalue weighted by molar-refractivity contribution is -0.137. The van der Waals surface area contributed by atoms with Crippen LogP contribution in [-0.2, 0) is 20.6 Å². The number of carboxylic acids is 2. The van der Waals surface area contributed by atoms with Crippen molar-refractivity contribution >= 4 is 29.9 Å². The second-order valence-electron chi connectivity index (χ2n) is 10.9.